The molecule has 0 aliphatic rings. The molecule has 3 aromatic carbocycles. The maximum absolute atomic E-state index is 11.3. The van der Waals surface area contributed by atoms with Gasteiger partial charge < -0.3 is 14.4 Å². The Morgan fingerprint density at radius 2 is 1.82 bits per heavy atom. The molecule has 0 fully saturated rings. The second-order valence-electron chi connectivity index (χ2n) is 7.10. The monoisotopic (exact) mass is 374 g/mol. The SMILES string of the molecule is Cc1cc(C)c2c(c1)c(N=O)c(O)n2CCCOc1ccc2ccccc2c1. The van der Waals surface area contributed by atoms with Crippen LogP contribution in [0.5, 0.6) is 11.6 Å². The van der Waals surface area contributed by atoms with E-state index in [0.29, 0.717) is 25.0 Å². The number of aromatic nitrogens is 1. The first-order valence-electron chi connectivity index (χ1n) is 9.36. The number of ether oxygens (including phenoxy) is 1. The molecule has 0 spiro atoms. The largest absolute Gasteiger partial charge is 0.494 e. The van der Waals surface area contributed by atoms with Crippen LogP contribution in [0.4, 0.5) is 5.69 Å². The topological polar surface area (TPSA) is 63.8 Å². The number of benzene rings is 3. The molecule has 0 aliphatic heterocycles. The third-order valence-electron chi connectivity index (χ3n) is 5.04. The summed E-state index contributed by atoms with van der Waals surface area (Å²) in [6.07, 6.45) is 0.690. The van der Waals surface area contributed by atoms with Crippen LogP contribution in [0.25, 0.3) is 21.7 Å². The molecule has 4 rings (SSSR count). The number of aryl methyl sites for hydroxylation is 3. The third-order valence-corrected chi connectivity index (χ3v) is 5.04. The van der Waals surface area contributed by atoms with Gasteiger partial charge in [-0.15, -0.1) is 4.91 Å². The lowest BCUT2D eigenvalue weighted by Crippen LogP contribution is -2.05. The van der Waals surface area contributed by atoms with E-state index in [4.69, 9.17) is 4.74 Å². The summed E-state index contributed by atoms with van der Waals surface area (Å²) >= 11 is 0. The predicted molar refractivity (Wildman–Crippen MR) is 113 cm³/mol. The van der Waals surface area contributed by atoms with Gasteiger partial charge in [0.05, 0.1) is 12.1 Å². The van der Waals surface area contributed by atoms with Crippen LogP contribution in [0.2, 0.25) is 0 Å². The van der Waals surface area contributed by atoms with Crippen LogP contribution >= 0.6 is 0 Å². The summed E-state index contributed by atoms with van der Waals surface area (Å²) in [6, 6.07) is 18.1. The van der Waals surface area contributed by atoms with Crippen molar-refractivity contribution in [2.45, 2.75) is 26.8 Å². The van der Waals surface area contributed by atoms with Gasteiger partial charge in [-0.1, -0.05) is 42.0 Å². The van der Waals surface area contributed by atoms with Crippen LogP contribution in [0.15, 0.2) is 59.8 Å². The molecule has 28 heavy (non-hydrogen) atoms. The summed E-state index contributed by atoms with van der Waals surface area (Å²) in [5.41, 5.74) is 3.00. The molecule has 0 bridgehead atoms. The smallest absolute Gasteiger partial charge is 0.222 e. The summed E-state index contributed by atoms with van der Waals surface area (Å²) in [5.74, 6) is 0.742. The lowest BCUT2D eigenvalue weighted by molar-refractivity contribution is 0.298. The highest BCUT2D eigenvalue weighted by Crippen LogP contribution is 2.40. The normalized spacial score (nSPS) is 11.2. The van der Waals surface area contributed by atoms with Crippen molar-refractivity contribution in [2.75, 3.05) is 6.61 Å². The molecule has 5 nitrogen and oxygen atoms in total. The molecular weight excluding hydrogens is 352 g/mol. The van der Waals surface area contributed by atoms with Crippen LogP contribution in [0.3, 0.4) is 0 Å². The summed E-state index contributed by atoms with van der Waals surface area (Å²) in [7, 11) is 0. The van der Waals surface area contributed by atoms with E-state index in [9.17, 15) is 10.0 Å². The Morgan fingerprint density at radius 3 is 2.61 bits per heavy atom. The molecule has 0 radical (unpaired) electrons. The van der Waals surface area contributed by atoms with E-state index in [2.05, 4.69) is 17.3 Å². The average Bonchev–Trinajstić information content (AvgIpc) is 2.96. The standard InChI is InChI=1S/C23H22N2O3/c1-15-12-16(2)22-20(13-15)21(24-27)23(26)25(22)10-5-11-28-19-9-8-17-6-3-4-7-18(17)14-19/h3-4,6-9,12-14,26H,5,10-11H2,1-2H3. The maximum Gasteiger partial charge on any atom is 0.222 e. The molecular formula is C23H22N2O3. The summed E-state index contributed by atoms with van der Waals surface area (Å²) in [5, 5.41) is 16.6. The van der Waals surface area contributed by atoms with Crippen molar-refractivity contribution in [3.8, 4) is 11.6 Å². The van der Waals surface area contributed by atoms with Gasteiger partial charge in [0, 0.05) is 11.9 Å². The van der Waals surface area contributed by atoms with Gasteiger partial charge in [-0.2, -0.15) is 0 Å². The Balaban J connectivity index is 1.51. The van der Waals surface area contributed by atoms with E-state index >= 15 is 0 Å². The van der Waals surface area contributed by atoms with Gasteiger partial charge >= 0.3 is 0 Å². The molecule has 4 aromatic rings. The Bertz CT molecular complexity index is 1180. The lowest BCUT2D eigenvalue weighted by Gasteiger charge is -2.11. The van der Waals surface area contributed by atoms with Crippen LogP contribution in [0, 0.1) is 18.8 Å². The van der Waals surface area contributed by atoms with Crippen LogP contribution in [0.1, 0.15) is 17.5 Å². The Hall–Kier alpha value is -3.34. The fourth-order valence-electron chi connectivity index (χ4n) is 3.83. The highest BCUT2D eigenvalue weighted by Gasteiger charge is 2.19. The molecule has 5 heteroatoms. The highest BCUT2D eigenvalue weighted by molar-refractivity contribution is 5.97. The minimum Gasteiger partial charge on any atom is -0.494 e. The predicted octanol–water partition coefficient (Wildman–Crippen LogP) is 5.98. The van der Waals surface area contributed by atoms with Crippen molar-refractivity contribution in [3.63, 3.8) is 0 Å². The van der Waals surface area contributed by atoms with Crippen molar-refractivity contribution < 1.29 is 9.84 Å². The van der Waals surface area contributed by atoms with Crippen LogP contribution in [-0.2, 0) is 6.54 Å². The number of aromatic hydroxyl groups is 1. The van der Waals surface area contributed by atoms with Crippen molar-refractivity contribution >= 4 is 27.4 Å². The van der Waals surface area contributed by atoms with Gasteiger partial charge in [0.1, 0.15) is 5.75 Å². The summed E-state index contributed by atoms with van der Waals surface area (Å²) < 4.78 is 7.64. The van der Waals surface area contributed by atoms with E-state index < -0.39 is 0 Å². The fraction of sp³-hybridized carbons (Fsp3) is 0.217. The lowest BCUT2D eigenvalue weighted by atomic mass is 10.1. The quantitative estimate of drug-likeness (QED) is 0.333. The summed E-state index contributed by atoms with van der Waals surface area (Å²) in [4.78, 5) is 11.3. The first-order chi connectivity index (χ1) is 13.6. The van der Waals surface area contributed by atoms with E-state index in [0.717, 1.165) is 27.8 Å². The number of fused-ring (bicyclic) bond motifs is 2. The van der Waals surface area contributed by atoms with E-state index in [-0.39, 0.29) is 11.6 Å². The number of nitrogens with zero attached hydrogens (tertiary/aromatic N) is 2. The van der Waals surface area contributed by atoms with Crippen LogP contribution < -0.4 is 4.74 Å². The number of hydrogen-bond donors (Lipinski definition) is 1. The molecule has 0 saturated heterocycles. The zero-order valence-electron chi connectivity index (χ0n) is 16.0. The van der Waals surface area contributed by atoms with Gasteiger partial charge in [-0.05, 0) is 60.0 Å². The molecule has 142 valence electrons. The van der Waals surface area contributed by atoms with Crippen molar-refractivity contribution in [3.05, 3.63) is 70.6 Å². The fourth-order valence-corrected chi connectivity index (χ4v) is 3.83. The molecule has 1 aromatic heterocycles. The van der Waals surface area contributed by atoms with Crippen molar-refractivity contribution in [2.24, 2.45) is 5.18 Å². The van der Waals surface area contributed by atoms with Crippen LogP contribution in [-0.4, -0.2) is 16.3 Å². The first kappa shape index (κ1) is 18.0. The molecule has 0 aliphatic carbocycles. The van der Waals surface area contributed by atoms with E-state index in [1.165, 1.54) is 5.39 Å². The van der Waals surface area contributed by atoms with Gasteiger partial charge in [-0.3, -0.25) is 0 Å². The zero-order valence-corrected chi connectivity index (χ0v) is 16.0. The number of hydrogen-bond acceptors (Lipinski definition) is 4. The number of rotatable bonds is 6. The molecule has 1 N–H and O–H groups in total. The Labute approximate surface area is 163 Å². The highest BCUT2D eigenvalue weighted by atomic mass is 16.5. The first-order valence-corrected chi connectivity index (χ1v) is 9.36. The minimum atomic E-state index is -0.0793. The van der Waals surface area contributed by atoms with Crippen molar-refractivity contribution in [1.82, 2.24) is 4.57 Å². The zero-order chi connectivity index (χ0) is 19.7. The van der Waals surface area contributed by atoms with Gasteiger partial charge in [0.15, 0.2) is 5.69 Å². The van der Waals surface area contributed by atoms with Gasteiger partial charge in [0.2, 0.25) is 5.88 Å². The minimum absolute atomic E-state index is 0.0793. The molecule has 1 heterocycles. The molecule has 0 saturated carbocycles. The molecule has 0 unspecified atom stereocenters. The third kappa shape index (κ3) is 3.20. The Kier molecular flexibility index (Phi) is 4.74. The second-order valence-corrected chi connectivity index (χ2v) is 7.10. The second kappa shape index (κ2) is 7.35. The van der Waals surface area contributed by atoms with E-state index in [1.54, 1.807) is 4.57 Å². The Morgan fingerprint density at radius 1 is 1.04 bits per heavy atom. The number of nitroso groups, excluding NO2 is 1. The summed E-state index contributed by atoms with van der Waals surface area (Å²) in [6.45, 7) is 4.99. The van der Waals surface area contributed by atoms with Gasteiger partial charge in [0.25, 0.3) is 0 Å². The van der Waals surface area contributed by atoms with Gasteiger partial charge in [-0.25, -0.2) is 0 Å². The molecule has 0 amide bonds. The maximum atomic E-state index is 11.3. The molecule has 0 atom stereocenters. The van der Waals surface area contributed by atoms with Crippen molar-refractivity contribution in [1.29, 1.82) is 0 Å². The van der Waals surface area contributed by atoms with E-state index in [1.807, 2.05) is 56.3 Å². The average molecular weight is 374 g/mol.